The van der Waals surface area contributed by atoms with E-state index < -0.39 is 0 Å². The Bertz CT molecular complexity index is 3200. The quantitative estimate of drug-likeness (QED) is 0.106. The number of morpholine rings is 2. The summed E-state index contributed by atoms with van der Waals surface area (Å²) in [7, 11) is 0. The number of carbonyl (C=O) groups excluding carboxylic acids is 3. The molecule has 4 atom stereocenters. The van der Waals surface area contributed by atoms with Crippen molar-refractivity contribution >= 4 is 51.5 Å². The highest BCUT2D eigenvalue weighted by atomic mass is 16.5. The van der Waals surface area contributed by atoms with Crippen molar-refractivity contribution in [3.8, 4) is 0 Å². The van der Waals surface area contributed by atoms with Gasteiger partial charge in [-0.25, -0.2) is 18.5 Å². The van der Waals surface area contributed by atoms with Crippen LogP contribution in [0.25, 0.3) is 16.7 Å². The first-order chi connectivity index (χ1) is 38.5. The van der Waals surface area contributed by atoms with Gasteiger partial charge in [-0.15, -0.1) is 0 Å². The van der Waals surface area contributed by atoms with Gasteiger partial charge in [-0.05, 0) is 143 Å². The SMILES string of the molecule is CC1CN(c2ccc([C@@H](C)NC(=O)c3cc4ccccn4n3)cc2)CCO1.C[C@@H](NC(=O)c1cc2ccccn2n1)c1ccc(N2CCCCC2)cc1.C[C@@H](NC(=O)c1cc2ncccn2n1)c1ccc(N2CCOCC2)cc1. The van der Waals surface area contributed by atoms with E-state index in [0.717, 1.165) is 86.8 Å². The fourth-order valence-corrected chi connectivity index (χ4v) is 10.0. The van der Waals surface area contributed by atoms with E-state index in [2.05, 4.69) is 131 Å². The van der Waals surface area contributed by atoms with Crippen molar-refractivity contribution in [3.05, 3.63) is 192 Å². The molecule has 3 aliphatic heterocycles. The Morgan fingerprint density at radius 3 is 1.39 bits per heavy atom. The molecule has 0 aliphatic carbocycles. The van der Waals surface area contributed by atoms with Gasteiger partial charge in [0.25, 0.3) is 17.7 Å². The first-order valence-corrected chi connectivity index (χ1v) is 27.4. The third-order valence-electron chi connectivity index (χ3n) is 14.6. The smallest absolute Gasteiger partial charge is 0.272 e. The summed E-state index contributed by atoms with van der Waals surface area (Å²) in [5.74, 6) is -0.529. The van der Waals surface area contributed by atoms with Crippen LogP contribution in [0, 0.1) is 0 Å². The minimum absolute atomic E-state index is 0.0669. The van der Waals surface area contributed by atoms with Crippen LogP contribution in [0.3, 0.4) is 0 Å². The topological polar surface area (TPSA) is 180 Å². The van der Waals surface area contributed by atoms with E-state index in [1.54, 1.807) is 44.1 Å². The van der Waals surface area contributed by atoms with Gasteiger partial charge in [0.15, 0.2) is 22.7 Å². The highest BCUT2D eigenvalue weighted by molar-refractivity contribution is 5.95. The number of fused-ring (bicyclic) bond motifs is 3. The van der Waals surface area contributed by atoms with Gasteiger partial charge in [0.1, 0.15) is 0 Å². The molecule has 18 heteroatoms. The number of rotatable bonds is 12. The third-order valence-corrected chi connectivity index (χ3v) is 14.6. The highest BCUT2D eigenvalue weighted by Gasteiger charge is 2.21. The number of hydrogen-bond donors (Lipinski definition) is 3. The molecular formula is C61H69N13O5. The van der Waals surface area contributed by atoms with E-state index >= 15 is 0 Å². The zero-order chi connectivity index (χ0) is 54.7. The predicted molar refractivity (Wildman–Crippen MR) is 307 cm³/mol. The Balaban J connectivity index is 0.000000134. The molecule has 12 rings (SSSR count). The number of hydrogen-bond acceptors (Lipinski definition) is 12. The highest BCUT2D eigenvalue weighted by Crippen LogP contribution is 2.25. The lowest BCUT2D eigenvalue weighted by Crippen LogP contribution is -2.41. The van der Waals surface area contributed by atoms with Gasteiger partial charge in [0, 0.05) is 87.2 Å². The normalized spacial score (nSPS) is 16.7. The van der Waals surface area contributed by atoms with Crippen LogP contribution in [0.15, 0.2) is 158 Å². The Labute approximate surface area is 460 Å². The lowest BCUT2D eigenvalue weighted by molar-refractivity contribution is 0.0532. The van der Waals surface area contributed by atoms with Gasteiger partial charge in [0.2, 0.25) is 0 Å². The van der Waals surface area contributed by atoms with E-state index in [9.17, 15) is 14.4 Å². The number of benzene rings is 3. The molecule has 3 saturated heterocycles. The van der Waals surface area contributed by atoms with Crippen LogP contribution in [0.5, 0.6) is 0 Å². The second kappa shape index (κ2) is 25.2. The molecule has 0 saturated carbocycles. The number of nitrogens with one attached hydrogen (secondary N) is 3. The summed E-state index contributed by atoms with van der Waals surface area (Å²) in [6.45, 7) is 16.2. The number of pyridine rings is 2. The Kier molecular flexibility index (Phi) is 17.2. The van der Waals surface area contributed by atoms with Crippen molar-refractivity contribution in [2.75, 3.05) is 73.8 Å². The molecule has 408 valence electrons. The van der Waals surface area contributed by atoms with E-state index in [4.69, 9.17) is 9.47 Å². The van der Waals surface area contributed by atoms with Gasteiger partial charge in [-0.1, -0.05) is 48.5 Å². The van der Waals surface area contributed by atoms with E-state index in [1.165, 1.54) is 36.3 Å². The summed E-state index contributed by atoms with van der Waals surface area (Å²) >= 11 is 0. The number of carbonyl (C=O) groups is 3. The molecule has 3 aromatic carbocycles. The maximum Gasteiger partial charge on any atom is 0.272 e. The van der Waals surface area contributed by atoms with Crippen LogP contribution >= 0.6 is 0 Å². The van der Waals surface area contributed by atoms with Gasteiger partial charge < -0.3 is 40.1 Å². The average Bonchev–Trinajstić information content (AvgIpc) is 4.27. The van der Waals surface area contributed by atoms with Crippen molar-refractivity contribution in [1.82, 2.24) is 49.8 Å². The fourth-order valence-electron chi connectivity index (χ4n) is 10.0. The Hall–Kier alpha value is -8.61. The van der Waals surface area contributed by atoms with Gasteiger partial charge in [0.05, 0.1) is 55.1 Å². The second-order valence-corrected chi connectivity index (χ2v) is 20.3. The third kappa shape index (κ3) is 13.6. The zero-order valence-corrected chi connectivity index (χ0v) is 45.3. The molecule has 0 bridgehead atoms. The summed E-state index contributed by atoms with van der Waals surface area (Å²) in [5.41, 5.74) is 10.6. The van der Waals surface area contributed by atoms with E-state index in [-0.39, 0.29) is 42.0 Å². The van der Waals surface area contributed by atoms with Crippen LogP contribution < -0.4 is 30.7 Å². The van der Waals surface area contributed by atoms with Gasteiger partial charge >= 0.3 is 0 Å². The molecule has 1 unspecified atom stereocenters. The molecule has 9 heterocycles. The first kappa shape index (κ1) is 53.8. The number of aromatic nitrogens is 7. The summed E-state index contributed by atoms with van der Waals surface area (Å²) in [4.78, 5) is 48.8. The Morgan fingerprint density at radius 1 is 0.494 bits per heavy atom. The van der Waals surface area contributed by atoms with E-state index in [1.807, 2.05) is 75.6 Å². The van der Waals surface area contributed by atoms with E-state index in [0.29, 0.717) is 22.7 Å². The summed E-state index contributed by atoms with van der Waals surface area (Å²) in [6, 6.07) is 43.5. The molecule has 3 N–H and O–H groups in total. The van der Waals surface area contributed by atoms with Gasteiger partial charge in [-0.2, -0.15) is 15.3 Å². The number of amides is 3. The molecule has 6 aromatic heterocycles. The van der Waals surface area contributed by atoms with Crippen LogP contribution in [0.2, 0.25) is 0 Å². The van der Waals surface area contributed by atoms with Crippen LogP contribution in [0.4, 0.5) is 17.1 Å². The second-order valence-electron chi connectivity index (χ2n) is 20.3. The standard InChI is InChI=1S/C21H24N4O2.C21H24N4O.C19H21N5O2/c1-15-14-24(11-12-27-15)18-8-6-17(7-9-18)16(2)22-21(26)20-13-19-5-3-4-10-25(19)23-20;1-16(17-8-10-18(11-9-17)24-12-4-2-5-13-24)22-21(26)20-15-19-7-3-6-14-25(19)23-20;1-14(15-3-5-16(6-4-15)23-9-11-26-12-10-23)21-19(25)17-13-18-20-7-2-8-24(18)22-17/h3-10,13,15-16H,11-12,14H2,1-2H3,(H,22,26);3,6-11,14-16H,2,4-5,12-13H2,1H3,(H,22,26);2-8,13-14H,9-12H2,1H3,(H,21,25)/t15?,16-;16-;14-/m111/s1. The molecule has 3 fully saturated rings. The molecule has 79 heavy (non-hydrogen) atoms. The summed E-state index contributed by atoms with van der Waals surface area (Å²) in [6.07, 6.45) is 11.3. The molecule has 0 radical (unpaired) electrons. The molecule has 3 amide bonds. The number of ether oxygens (including phenoxy) is 2. The molecule has 9 aromatic rings. The summed E-state index contributed by atoms with van der Waals surface area (Å²) in [5, 5.41) is 22.0. The molecular weight excluding hydrogens is 995 g/mol. The average molecular weight is 1060 g/mol. The van der Waals surface area contributed by atoms with Crippen molar-refractivity contribution in [2.24, 2.45) is 0 Å². The lowest BCUT2D eigenvalue weighted by Gasteiger charge is -2.33. The predicted octanol–water partition coefficient (Wildman–Crippen LogP) is 8.92. The lowest BCUT2D eigenvalue weighted by atomic mass is 10.1. The van der Waals surface area contributed by atoms with Crippen LogP contribution in [0.1, 0.15) is 113 Å². The van der Waals surface area contributed by atoms with Crippen LogP contribution in [-0.4, -0.2) is 117 Å². The zero-order valence-electron chi connectivity index (χ0n) is 45.3. The maximum absolute atomic E-state index is 12.5. The summed E-state index contributed by atoms with van der Waals surface area (Å²) < 4.78 is 16.0. The van der Waals surface area contributed by atoms with Crippen molar-refractivity contribution in [2.45, 2.75) is 71.2 Å². The maximum atomic E-state index is 12.5. The molecule has 3 aliphatic rings. The number of nitrogens with zero attached hydrogens (tertiary/aromatic N) is 10. The minimum atomic E-state index is -0.208. The van der Waals surface area contributed by atoms with Crippen LogP contribution in [-0.2, 0) is 9.47 Å². The number of piperidine rings is 1. The van der Waals surface area contributed by atoms with Gasteiger partial charge in [-0.3, -0.25) is 14.4 Å². The largest absolute Gasteiger partial charge is 0.378 e. The minimum Gasteiger partial charge on any atom is -0.378 e. The fraction of sp³-hybridized carbons (Fsp3) is 0.328. The van der Waals surface area contributed by atoms with Crippen molar-refractivity contribution in [1.29, 1.82) is 0 Å². The Morgan fingerprint density at radius 2 is 0.924 bits per heavy atom. The first-order valence-electron chi connectivity index (χ1n) is 27.4. The van der Waals surface area contributed by atoms with Crippen molar-refractivity contribution < 1.29 is 23.9 Å². The van der Waals surface area contributed by atoms with Crippen molar-refractivity contribution in [3.63, 3.8) is 0 Å². The molecule has 18 nitrogen and oxygen atoms in total. The molecule has 0 spiro atoms. The monoisotopic (exact) mass is 1060 g/mol. The number of anilines is 3.